The van der Waals surface area contributed by atoms with Crippen molar-refractivity contribution in [3.05, 3.63) is 0 Å². The Morgan fingerprint density at radius 2 is 1.95 bits per heavy atom. The highest BCUT2D eigenvalue weighted by Crippen LogP contribution is 2.31. The third-order valence-corrected chi connectivity index (χ3v) is 4.83. The molecule has 0 saturated carbocycles. The van der Waals surface area contributed by atoms with Gasteiger partial charge in [0.25, 0.3) is 0 Å². The maximum absolute atomic E-state index is 5.55. The number of nitrogens with one attached hydrogen (secondary N) is 1. The van der Waals surface area contributed by atoms with Gasteiger partial charge in [-0.15, -0.1) is 10.2 Å². The molecule has 2 aromatic rings. The normalized spacial score (nSPS) is 10.9. The van der Waals surface area contributed by atoms with E-state index in [2.05, 4.69) is 30.5 Å². The highest BCUT2D eigenvalue weighted by Gasteiger charge is 2.12. The van der Waals surface area contributed by atoms with Gasteiger partial charge in [-0.2, -0.15) is 15.0 Å². The van der Waals surface area contributed by atoms with Gasteiger partial charge in [0.1, 0.15) is 0 Å². The van der Waals surface area contributed by atoms with E-state index < -0.39 is 0 Å². The van der Waals surface area contributed by atoms with E-state index in [0.717, 1.165) is 15.2 Å². The zero-order chi connectivity index (χ0) is 15.2. The van der Waals surface area contributed by atoms with Gasteiger partial charge in [0.2, 0.25) is 11.1 Å². The lowest BCUT2D eigenvalue weighted by molar-refractivity contribution is 0.219. The fraction of sp³-hybridized carbons (Fsp3) is 0.545. The first-order valence-electron chi connectivity index (χ1n) is 6.32. The summed E-state index contributed by atoms with van der Waals surface area (Å²) in [4.78, 5) is 12.9. The van der Waals surface area contributed by atoms with Crippen LogP contribution in [0, 0.1) is 0 Å². The van der Waals surface area contributed by atoms with Crippen LogP contribution in [-0.4, -0.2) is 44.1 Å². The predicted octanol–water partition coefficient (Wildman–Crippen LogP) is 2.82. The molecule has 1 N–H and O–H groups in total. The van der Waals surface area contributed by atoms with E-state index in [1.165, 1.54) is 23.1 Å². The molecule has 0 atom stereocenters. The first-order chi connectivity index (χ1) is 10.1. The van der Waals surface area contributed by atoms with Gasteiger partial charge in [-0.1, -0.05) is 23.1 Å². The van der Waals surface area contributed by atoms with Crippen molar-refractivity contribution >= 4 is 40.8 Å². The summed E-state index contributed by atoms with van der Waals surface area (Å²) in [5, 5.41) is 11.8. The molecular weight excluding hydrogens is 328 g/mol. The van der Waals surface area contributed by atoms with E-state index in [0.29, 0.717) is 17.1 Å². The Morgan fingerprint density at radius 1 is 1.19 bits per heavy atom. The van der Waals surface area contributed by atoms with Crippen molar-refractivity contribution in [2.24, 2.45) is 0 Å². The number of nitrogens with zero attached hydrogens (tertiary/aromatic N) is 5. The molecule has 0 unspecified atom stereocenters. The molecule has 114 valence electrons. The van der Waals surface area contributed by atoms with Crippen LogP contribution in [0.15, 0.2) is 13.8 Å². The highest BCUT2D eigenvalue weighted by molar-refractivity contribution is 8.02. The Bertz CT molecular complexity index is 591. The molecule has 0 fully saturated rings. The summed E-state index contributed by atoms with van der Waals surface area (Å²) in [6.07, 6.45) is 1.97. The first kappa shape index (κ1) is 16.2. The molecule has 0 saturated heterocycles. The van der Waals surface area contributed by atoms with Gasteiger partial charge in [0.05, 0.1) is 6.10 Å². The quantitative estimate of drug-likeness (QED) is 0.762. The van der Waals surface area contributed by atoms with E-state index >= 15 is 0 Å². The monoisotopic (exact) mass is 344 g/mol. The smallest absolute Gasteiger partial charge is 0.322 e. The van der Waals surface area contributed by atoms with Gasteiger partial charge in [-0.25, -0.2) is 0 Å². The minimum Gasteiger partial charge on any atom is -0.461 e. The van der Waals surface area contributed by atoms with Crippen LogP contribution < -0.4 is 10.1 Å². The maximum atomic E-state index is 5.55. The Morgan fingerprint density at radius 3 is 2.57 bits per heavy atom. The van der Waals surface area contributed by atoms with Gasteiger partial charge in [-0.05, 0) is 38.8 Å². The van der Waals surface area contributed by atoms with Crippen molar-refractivity contribution in [2.45, 2.75) is 40.7 Å². The molecule has 2 rings (SSSR count). The molecule has 0 bridgehead atoms. The number of hydrogen-bond donors (Lipinski definition) is 1. The van der Waals surface area contributed by atoms with E-state index in [-0.39, 0.29) is 6.10 Å². The second-order valence-electron chi connectivity index (χ2n) is 4.06. The fourth-order valence-electron chi connectivity index (χ4n) is 1.28. The molecule has 0 aliphatic heterocycles. The van der Waals surface area contributed by atoms with Gasteiger partial charge in [0.15, 0.2) is 8.68 Å². The van der Waals surface area contributed by atoms with Crippen molar-refractivity contribution in [3.63, 3.8) is 0 Å². The Balaban J connectivity index is 2.21. The van der Waals surface area contributed by atoms with Crippen LogP contribution in [0.3, 0.4) is 0 Å². The van der Waals surface area contributed by atoms with E-state index in [1.807, 2.05) is 27.0 Å². The third-order valence-electron chi connectivity index (χ3n) is 2.01. The van der Waals surface area contributed by atoms with Crippen LogP contribution in [0.5, 0.6) is 6.01 Å². The summed E-state index contributed by atoms with van der Waals surface area (Å²) < 4.78 is 7.26. The summed E-state index contributed by atoms with van der Waals surface area (Å²) in [6.45, 7) is 6.57. The van der Waals surface area contributed by atoms with Crippen molar-refractivity contribution < 1.29 is 4.74 Å². The second-order valence-corrected chi connectivity index (χ2v) is 7.31. The number of hydrogen-bond acceptors (Lipinski definition) is 10. The minimum absolute atomic E-state index is 0.00403. The average Bonchev–Trinajstić information content (AvgIpc) is 2.85. The Labute approximate surface area is 135 Å². The van der Waals surface area contributed by atoms with E-state index in [9.17, 15) is 0 Å². The van der Waals surface area contributed by atoms with Crippen LogP contribution >= 0.6 is 34.9 Å². The van der Waals surface area contributed by atoms with Gasteiger partial charge < -0.3 is 10.1 Å². The fourth-order valence-corrected chi connectivity index (χ4v) is 3.57. The zero-order valence-electron chi connectivity index (χ0n) is 12.2. The van der Waals surface area contributed by atoms with Crippen molar-refractivity contribution in [1.82, 2.24) is 25.1 Å². The molecule has 0 spiro atoms. The van der Waals surface area contributed by atoms with Crippen LogP contribution in [0.1, 0.15) is 20.8 Å². The van der Waals surface area contributed by atoms with E-state index in [1.54, 1.807) is 11.8 Å². The minimum atomic E-state index is 0.00403. The van der Waals surface area contributed by atoms with Crippen LogP contribution in [0.2, 0.25) is 0 Å². The SMILES string of the molecule is CCNc1nc(OC(C)C)nc(Sc2nnc(SC)s2)n1. The number of aromatic nitrogens is 5. The predicted molar refractivity (Wildman–Crippen MR) is 85.6 cm³/mol. The molecule has 0 radical (unpaired) electrons. The van der Waals surface area contributed by atoms with Gasteiger partial charge in [0, 0.05) is 6.54 Å². The molecule has 0 amide bonds. The molecule has 21 heavy (non-hydrogen) atoms. The Kier molecular flexibility index (Phi) is 6.00. The molecular formula is C11H16N6OS3. The van der Waals surface area contributed by atoms with Crippen molar-refractivity contribution in [2.75, 3.05) is 18.1 Å². The lowest BCUT2D eigenvalue weighted by Gasteiger charge is -2.09. The van der Waals surface area contributed by atoms with Crippen molar-refractivity contribution in [3.8, 4) is 6.01 Å². The van der Waals surface area contributed by atoms with Crippen LogP contribution in [-0.2, 0) is 0 Å². The third kappa shape index (κ3) is 4.97. The molecule has 0 aliphatic carbocycles. The summed E-state index contributed by atoms with van der Waals surface area (Å²) in [6, 6.07) is 0.313. The maximum Gasteiger partial charge on any atom is 0.322 e. The summed E-state index contributed by atoms with van der Waals surface area (Å²) in [5.74, 6) is 0.500. The van der Waals surface area contributed by atoms with Gasteiger partial charge >= 0.3 is 6.01 Å². The second kappa shape index (κ2) is 7.76. The molecule has 2 heterocycles. The largest absolute Gasteiger partial charge is 0.461 e. The lowest BCUT2D eigenvalue weighted by atomic mass is 10.5. The highest BCUT2D eigenvalue weighted by atomic mass is 32.2. The topological polar surface area (TPSA) is 85.7 Å². The molecule has 2 aromatic heterocycles. The number of rotatable bonds is 7. The molecule has 0 aliphatic rings. The number of ether oxygens (including phenoxy) is 1. The number of anilines is 1. The van der Waals surface area contributed by atoms with Gasteiger partial charge in [-0.3, -0.25) is 0 Å². The molecule has 0 aromatic carbocycles. The van der Waals surface area contributed by atoms with Crippen molar-refractivity contribution in [1.29, 1.82) is 0 Å². The van der Waals surface area contributed by atoms with Crippen LogP contribution in [0.25, 0.3) is 0 Å². The van der Waals surface area contributed by atoms with Crippen LogP contribution in [0.4, 0.5) is 5.95 Å². The summed E-state index contributed by atoms with van der Waals surface area (Å²) >= 11 is 4.43. The summed E-state index contributed by atoms with van der Waals surface area (Å²) in [5.41, 5.74) is 0. The molecule has 10 heteroatoms. The summed E-state index contributed by atoms with van der Waals surface area (Å²) in [7, 11) is 0. The zero-order valence-corrected chi connectivity index (χ0v) is 14.6. The molecule has 7 nitrogen and oxygen atoms in total. The average molecular weight is 344 g/mol. The van der Waals surface area contributed by atoms with E-state index in [4.69, 9.17) is 4.74 Å². The Hall–Kier alpha value is -1.13. The lowest BCUT2D eigenvalue weighted by Crippen LogP contribution is -2.11. The standard InChI is InChI=1S/C11H16N6OS3/c1-5-12-7-13-8(18-6(2)3)15-9(14-7)20-11-17-16-10(19-4)21-11/h6H,5H2,1-4H3,(H,12,13,14,15). The first-order valence-corrected chi connectivity index (χ1v) is 9.18. The number of thioether (sulfide) groups is 1.